The van der Waals surface area contributed by atoms with Crippen molar-refractivity contribution in [1.29, 1.82) is 10.5 Å². The molecule has 0 N–H and O–H groups in total. The molecule has 5 aliphatic rings. The predicted octanol–water partition coefficient (Wildman–Crippen LogP) is 21.0. The molecule has 98 heavy (non-hydrogen) atoms. The minimum atomic E-state index is -0.751. The zero-order chi connectivity index (χ0) is 66.6. The first-order valence-corrected chi connectivity index (χ1v) is 36.5. The number of thiophene rings is 1. The lowest BCUT2D eigenvalue weighted by Gasteiger charge is -2.37. The Morgan fingerprint density at radius 1 is 0.490 bits per heavy atom. The summed E-state index contributed by atoms with van der Waals surface area (Å²) < 4.78 is 1.13. The zero-order valence-corrected chi connectivity index (χ0v) is 57.4. The van der Waals surface area contributed by atoms with Crippen molar-refractivity contribution < 1.29 is 9.59 Å². The van der Waals surface area contributed by atoms with E-state index in [1.807, 2.05) is 36.0 Å². The third kappa shape index (κ3) is 8.70. The van der Waals surface area contributed by atoms with E-state index in [9.17, 15) is 20.1 Å². The molecular formula is C82H46N8O2S6. The van der Waals surface area contributed by atoms with Crippen molar-refractivity contribution >= 4 is 138 Å². The number of allylic oxidation sites excluding steroid dienone is 7. The van der Waals surface area contributed by atoms with Gasteiger partial charge in [-0.1, -0.05) is 225 Å². The number of ketones is 2. The highest BCUT2D eigenvalue weighted by Crippen LogP contribution is 2.70. The molecule has 0 radical (unpaired) electrons. The van der Waals surface area contributed by atoms with Gasteiger partial charge in [-0.25, -0.2) is 40.1 Å². The number of Topliss-reactive ketones (excluding diaryl/α,β-unsaturated/α-hetero) is 2. The quantitative estimate of drug-likeness (QED) is 0.0825. The van der Waals surface area contributed by atoms with Crippen LogP contribution in [0.15, 0.2) is 205 Å². The van der Waals surface area contributed by atoms with Crippen molar-refractivity contribution in [3.05, 3.63) is 331 Å². The molecule has 1 aliphatic heterocycles. The fraction of sp³-hybridized carbons (Fsp3) is 0.0976. The Bertz CT molecular complexity index is 5930. The number of thioether (sulfide) groups is 1. The Hall–Kier alpha value is -10.9. The van der Waals surface area contributed by atoms with E-state index >= 15 is 0 Å². The molecule has 4 aliphatic carbocycles. The fourth-order valence-corrected chi connectivity index (χ4v) is 22.2. The molecule has 0 saturated carbocycles. The summed E-state index contributed by atoms with van der Waals surface area (Å²) in [6.07, 6.45) is 5.91. The summed E-state index contributed by atoms with van der Waals surface area (Å²) in [5, 5.41) is 24.0. The van der Waals surface area contributed by atoms with Crippen LogP contribution in [0.5, 0.6) is 0 Å². The van der Waals surface area contributed by atoms with E-state index in [1.54, 1.807) is 71.2 Å². The summed E-state index contributed by atoms with van der Waals surface area (Å²) in [4.78, 5) is 60.6. The van der Waals surface area contributed by atoms with Gasteiger partial charge >= 0.3 is 0 Å². The van der Waals surface area contributed by atoms with Crippen molar-refractivity contribution in [2.75, 3.05) is 0 Å². The van der Waals surface area contributed by atoms with Gasteiger partial charge in [0.25, 0.3) is 11.4 Å². The average Bonchev–Trinajstić information content (AvgIpc) is 1.50. The average molecular weight is 1370 g/mol. The maximum absolute atomic E-state index is 14.0. The van der Waals surface area contributed by atoms with E-state index in [2.05, 4.69) is 171 Å². The van der Waals surface area contributed by atoms with Crippen LogP contribution in [-0.2, 0) is 10.8 Å². The summed E-state index contributed by atoms with van der Waals surface area (Å²) >= 11 is 9.46. The van der Waals surface area contributed by atoms with Crippen molar-refractivity contribution in [2.24, 2.45) is 5.92 Å². The number of carbonyl (C=O) groups excluding carboxylic acids is 2. The molecule has 16 heteroatoms. The van der Waals surface area contributed by atoms with Crippen molar-refractivity contribution in [3.8, 4) is 33.2 Å². The van der Waals surface area contributed by atoms with Crippen LogP contribution in [0.2, 0.25) is 0 Å². The van der Waals surface area contributed by atoms with Crippen LogP contribution in [0.1, 0.15) is 119 Å². The van der Waals surface area contributed by atoms with Gasteiger partial charge in [0.05, 0.1) is 41.0 Å². The Kier molecular flexibility index (Phi) is 13.6. The number of nitrogens with zero attached hydrogens (tertiary/aromatic N) is 8. The second-order valence-electron chi connectivity index (χ2n) is 25.3. The Morgan fingerprint density at radius 3 is 1.43 bits per heavy atom. The molecule has 2 atom stereocenters. The number of hydrogen-bond acceptors (Lipinski definition) is 14. The molecule has 0 spiro atoms. The van der Waals surface area contributed by atoms with Crippen molar-refractivity contribution in [2.45, 2.75) is 43.8 Å². The maximum atomic E-state index is 14.0. The minimum absolute atomic E-state index is 0.0311. The lowest BCUT2D eigenvalue weighted by atomic mass is 9.64. The third-order valence-electron chi connectivity index (χ3n) is 19.8. The van der Waals surface area contributed by atoms with Crippen LogP contribution < -0.4 is 0 Å². The number of aryl methyl sites for hydroxylation is 4. The number of rotatable bonds is 8. The first-order valence-electron chi connectivity index (χ1n) is 31.5. The molecule has 10 nitrogen and oxygen atoms in total. The van der Waals surface area contributed by atoms with E-state index in [-0.39, 0.29) is 45.3 Å². The third-order valence-corrected chi connectivity index (χ3v) is 26.6. The number of nitriles is 2. The first-order chi connectivity index (χ1) is 47.8. The molecule has 0 fully saturated rings. The Morgan fingerprint density at radius 2 is 0.939 bits per heavy atom. The van der Waals surface area contributed by atoms with E-state index in [0.717, 1.165) is 49.2 Å². The van der Waals surface area contributed by atoms with Gasteiger partial charge in [0.15, 0.2) is 30.9 Å². The number of benzene rings is 8. The highest BCUT2D eigenvalue weighted by molar-refractivity contribution is 8.09. The molecule has 6 heterocycles. The SMILES string of the molecule is [C-]#[N+]C(C#N)=C1/C(=C/c2nc3sc(C4=CC5C(S4)c4cc6c(cc4C5(c4ccc(C)cc4)c4ccc(C)cc4)-c4cc5cc(-c7nc8sc(/C=C9\C(=O)c%10ccccc%10\C9=C(\C#N)[N+]#[C-])nc8s7)sc5cc4C6(c4ccc(C)cc4)c4ccc(C)cc4)nc3s2)C(=O)c2ccccc21. The van der Waals surface area contributed by atoms with Gasteiger partial charge in [0.1, 0.15) is 20.0 Å². The Labute approximate surface area is 587 Å². The smallest absolute Gasteiger partial charge is 0.270 e. The van der Waals surface area contributed by atoms with Gasteiger partial charge in [-0.3, -0.25) is 9.59 Å². The fourth-order valence-electron chi connectivity index (χ4n) is 15.5. The van der Waals surface area contributed by atoms with Crippen LogP contribution in [0, 0.1) is 69.4 Å². The molecule has 462 valence electrons. The summed E-state index contributed by atoms with van der Waals surface area (Å²) in [6, 6.07) is 67.2. The number of aromatic nitrogens is 4. The Balaban J connectivity index is 0.796. The number of hydrogen-bond donors (Lipinski definition) is 0. The number of fused-ring (bicyclic) bond motifs is 11. The minimum Gasteiger partial charge on any atom is -0.289 e. The van der Waals surface area contributed by atoms with Gasteiger partial charge < -0.3 is 0 Å². The van der Waals surface area contributed by atoms with Gasteiger partial charge in [0, 0.05) is 54.2 Å². The van der Waals surface area contributed by atoms with Crippen LogP contribution in [0.25, 0.3) is 88.3 Å². The molecule has 18 rings (SSSR count). The normalized spacial score (nSPS) is 18.5. The van der Waals surface area contributed by atoms with Gasteiger partial charge in [-0.05, 0) is 136 Å². The van der Waals surface area contributed by atoms with Crippen LogP contribution in [-0.4, -0.2) is 31.5 Å². The van der Waals surface area contributed by atoms with Crippen LogP contribution in [0.4, 0.5) is 0 Å². The molecule has 13 aromatic rings. The number of carbonyl (C=O) groups is 2. The lowest BCUT2D eigenvalue weighted by Crippen LogP contribution is -2.34. The van der Waals surface area contributed by atoms with Crippen molar-refractivity contribution in [1.82, 2.24) is 19.9 Å². The van der Waals surface area contributed by atoms with Crippen LogP contribution in [0.3, 0.4) is 0 Å². The van der Waals surface area contributed by atoms with Crippen molar-refractivity contribution in [3.63, 3.8) is 0 Å². The first kappa shape index (κ1) is 59.6. The monoisotopic (exact) mass is 1370 g/mol. The van der Waals surface area contributed by atoms with E-state index in [4.69, 9.17) is 33.1 Å². The predicted molar refractivity (Wildman–Crippen MR) is 398 cm³/mol. The second kappa shape index (κ2) is 22.3. The molecular weight excluding hydrogens is 1320 g/mol. The van der Waals surface area contributed by atoms with E-state index in [0.29, 0.717) is 43.4 Å². The molecule has 0 saturated heterocycles. The highest BCUT2D eigenvalue weighted by Gasteiger charge is 2.58. The van der Waals surface area contributed by atoms with E-state index in [1.165, 1.54) is 112 Å². The largest absolute Gasteiger partial charge is 0.289 e. The summed E-state index contributed by atoms with van der Waals surface area (Å²) in [7, 11) is 0. The zero-order valence-electron chi connectivity index (χ0n) is 52.5. The lowest BCUT2D eigenvalue weighted by molar-refractivity contribution is 0.103. The standard InChI is InChI=1S/C82H46N8O2S6/c1-41-15-23-46(24-16-41)81(47-25-17-42(2)18-26-47)59-34-56-60(33-55(59)54-31-45-32-66(93-65(45)37-61(54)81)75-89-79-77(97-75)87-68(95-79)35-57-70(63(39-83)85-5)50-11-7-9-13-52(50)72(57)91)82(48-27-19-43(3)20-28-48,49-29-21-44(4)22-30-49)62-38-67(94-74(56)62)76-90-80-78(98-76)88-69(96-80)36-58-71(64(40-84)86-6)51-12-8-10-14-53(51)73(58)92/h7-38,62,74H,1-4H3/b57-35-,58-36-,70-63+,71-64?. The molecule has 0 bridgehead atoms. The molecule has 8 aromatic carbocycles. The topological polar surface area (TPSA) is 142 Å². The maximum Gasteiger partial charge on any atom is 0.270 e. The number of thiazole rings is 4. The van der Waals surface area contributed by atoms with Crippen LogP contribution >= 0.6 is 68.4 Å². The van der Waals surface area contributed by atoms with E-state index < -0.39 is 10.8 Å². The molecule has 0 amide bonds. The highest BCUT2D eigenvalue weighted by atomic mass is 32.2. The summed E-state index contributed by atoms with van der Waals surface area (Å²) in [5.74, 6) is -0.532. The van der Waals surface area contributed by atoms with Gasteiger partial charge in [-0.15, -0.1) is 23.1 Å². The second-order valence-corrected chi connectivity index (χ2v) is 31.5. The summed E-state index contributed by atoms with van der Waals surface area (Å²) in [6.45, 7) is 24.2. The van der Waals surface area contributed by atoms with Gasteiger partial charge in [0.2, 0.25) is 0 Å². The molecule has 5 aromatic heterocycles. The molecule has 2 unspecified atom stereocenters. The summed E-state index contributed by atoms with van der Waals surface area (Å²) in [5.41, 5.74) is 18.5. The van der Waals surface area contributed by atoms with Gasteiger partial charge in [-0.2, -0.15) is 0 Å².